The summed E-state index contributed by atoms with van der Waals surface area (Å²) in [6.07, 6.45) is 1.90. The van der Waals surface area contributed by atoms with Crippen molar-refractivity contribution in [1.29, 1.82) is 0 Å². The van der Waals surface area contributed by atoms with Crippen LogP contribution in [0.15, 0.2) is 51.6 Å². The lowest BCUT2D eigenvalue weighted by molar-refractivity contribution is 0.0930. The van der Waals surface area contributed by atoms with Crippen LogP contribution in [0.4, 0.5) is 0 Å². The van der Waals surface area contributed by atoms with Crippen molar-refractivity contribution in [2.45, 2.75) is 33.4 Å². The standard InChI is InChI=1S/C20H21ClN4O3/c1-12(2)10-11-24-15-17(22-19(24)21)23(4)20(28)25(18(15)27)13(3)16(26)14-8-6-5-7-9-14/h5-10,13H,11H2,1-4H3. The predicted octanol–water partition coefficient (Wildman–Crippen LogP) is 2.96. The van der Waals surface area contributed by atoms with E-state index in [2.05, 4.69) is 4.98 Å². The SMILES string of the molecule is CC(C)=CCn1c(Cl)nc2c1c(=O)n(C(C)C(=O)c1ccccc1)c(=O)n2C. The van der Waals surface area contributed by atoms with Crippen molar-refractivity contribution in [2.24, 2.45) is 7.05 Å². The molecule has 3 aromatic rings. The maximum absolute atomic E-state index is 13.2. The van der Waals surface area contributed by atoms with Gasteiger partial charge < -0.3 is 4.57 Å². The van der Waals surface area contributed by atoms with E-state index < -0.39 is 17.3 Å². The Hall–Kier alpha value is -2.93. The van der Waals surface area contributed by atoms with Gasteiger partial charge in [0.05, 0.1) is 0 Å². The average molecular weight is 401 g/mol. The zero-order chi connectivity index (χ0) is 20.6. The second-order valence-electron chi connectivity index (χ2n) is 6.87. The van der Waals surface area contributed by atoms with Crippen LogP contribution in [-0.4, -0.2) is 24.5 Å². The van der Waals surface area contributed by atoms with E-state index in [-0.39, 0.29) is 22.2 Å². The van der Waals surface area contributed by atoms with E-state index in [1.54, 1.807) is 41.8 Å². The van der Waals surface area contributed by atoms with Crippen LogP contribution in [0, 0.1) is 0 Å². The number of imidazole rings is 1. The minimum Gasteiger partial charge on any atom is -0.305 e. The highest BCUT2D eigenvalue weighted by Crippen LogP contribution is 2.18. The number of benzene rings is 1. The van der Waals surface area contributed by atoms with Crippen LogP contribution in [0.2, 0.25) is 5.28 Å². The number of rotatable bonds is 5. The van der Waals surface area contributed by atoms with Gasteiger partial charge in [0.25, 0.3) is 5.56 Å². The van der Waals surface area contributed by atoms with Crippen molar-refractivity contribution in [3.8, 4) is 0 Å². The molecule has 0 amide bonds. The first-order chi connectivity index (χ1) is 13.2. The molecule has 0 saturated heterocycles. The molecule has 1 atom stereocenters. The molecule has 0 aliphatic heterocycles. The topological polar surface area (TPSA) is 78.9 Å². The molecule has 2 heterocycles. The number of halogens is 1. The highest BCUT2D eigenvalue weighted by molar-refractivity contribution is 6.29. The van der Waals surface area contributed by atoms with Gasteiger partial charge in [-0.1, -0.05) is 42.0 Å². The largest absolute Gasteiger partial charge is 0.333 e. The minimum absolute atomic E-state index is 0.111. The Balaban J connectivity index is 2.25. The van der Waals surface area contributed by atoms with Crippen LogP contribution in [0.5, 0.6) is 0 Å². The summed E-state index contributed by atoms with van der Waals surface area (Å²) in [7, 11) is 1.51. The predicted molar refractivity (Wildman–Crippen MR) is 109 cm³/mol. The van der Waals surface area contributed by atoms with E-state index in [1.165, 1.54) is 11.6 Å². The smallest absolute Gasteiger partial charge is 0.305 e. The number of allylic oxidation sites excluding steroid dienone is 2. The maximum atomic E-state index is 13.2. The van der Waals surface area contributed by atoms with E-state index in [9.17, 15) is 14.4 Å². The van der Waals surface area contributed by atoms with Gasteiger partial charge >= 0.3 is 5.69 Å². The molecule has 0 N–H and O–H groups in total. The van der Waals surface area contributed by atoms with Gasteiger partial charge in [0.2, 0.25) is 5.28 Å². The third kappa shape index (κ3) is 3.33. The Labute approximate surface area is 166 Å². The summed E-state index contributed by atoms with van der Waals surface area (Å²) < 4.78 is 3.76. The highest BCUT2D eigenvalue weighted by atomic mass is 35.5. The van der Waals surface area contributed by atoms with Crippen molar-refractivity contribution in [2.75, 3.05) is 0 Å². The Morgan fingerprint density at radius 1 is 1.21 bits per heavy atom. The molecule has 8 heteroatoms. The number of fused-ring (bicyclic) bond motifs is 1. The van der Waals surface area contributed by atoms with Crippen molar-refractivity contribution < 1.29 is 4.79 Å². The van der Waals surface area contributed by atoms with Gasteiger partial charge in [0.15, 0.2) is 16.9 Å². The first-order valence-electron chi connectivity index (χ1n) is 8.84. The molecule has 1 unspecified atom stereocenters. The summed E-state index contributed by atoms with van der Waals surface area (Å²) in [6, 6.07) is 7.61. The van der Waals surface area contributed by atoms with Gasteiger partial charge in [-0.3, -0.25) is 14.2 Å². The molecule has 28 heavy (non-hydrogen) atoms. The summed E-state index contributed by atoms with van der Waals surface area (Å²) >= 11 is 6.23. The Kier molecular flexibility index (Phi) is 5.38. The van der Waals surface area contributed by atoms with Gasteiger partial charge in [-0.2, -0.15) is 4.98 Å². The lowest BCUT2D eigenvalue weighted by Crippen LogP contribution is -2.43. The number of carbonyl (C=O) groups excluding carboxylic acids is 1. The van der Waals surface area contributed by atoms with E-state index in [0.717, 1.165) is 10.1 Å². The number of aromatic nitrogens is 4. The lowest BCUT2D eigenvalue weighted by Gasteiger charge is -2.15. The number of Topliss-reactive ketones (excluding diaryl/α,β-unsaturated/α-hetero) is 1. The monoisotopic (exact) mass is 400 g/mol. The zero-order valence-corrected chi connectivity index (χ0v) is 16.9. The Bertz CT molecular complexity index is 1200. The average Bonchev–Trinajstić information content (AvgIpc) is 3.01. The van der Waals surface area contributed by atoms with Crippen molar-refractivity contribution >= 4 is 28.5 Å². The van der Waals surface area contributed by atoms with Crippen LogP contribution < -0.4 is 11.2 Å². The van der Waals surface area contributed by atoms with Crippen LogP contribution in [0.1, 0.15) is 37.2 Å². The molecule has 0 aliphatic carbocycles. The van der Waals surface area contributed by atoms with Gasteiger partial charge in [-0.25, -0.2) is 9.36 Å². The molecule has 7 nitrogen and oxygen atoms in total. The summed E-state index contributed by atoms with van der Waals surface area (Å²) in [5, 5.41) is 0.111. The van der Waals surface area contributed by atoms with Crippen molar-refractivity contribution in [3.05, 3.63) is 73.7 Å². The third-order valence-corrected chi connectivity index (χ3v) is 4.93. The molecule has 146 valence electrons. The quantitative estimate of drug-likeness (QED) is 0.374. The minimum atomic E-state index is -0.969. The Morgan fingerprint density at radius 3 is 2.46 bits per heavy atom. The third-order valence-electron chi connectivity index (χ3n) is 4.64. The number of carbonyl (C=O) groups is 1. The molecule has 1 aromatic carbocycles. The summed E-state index contributed by atoms with van der Waals surface area (Å²) in [5.41, 5.74) is 0.667. The first kappa shape index (κ1) is 19.8. The molecule has 0 fully saturated rings. The summed E-state index contributed by atoms with van der Waals surface area (Å²) in [6.45, 7) is 5.75. The molecular weight excluding hydrogens is 380 g/mol. The van der Waals surface area contributed by atoms with Crippen molar-refractivity contribution in [3.63, 3.8) is 0 Å². The number of nitrogens with zero attached hydrogens (tertiary/aromatic N) is 4. The fourth-order valence-corrected chi connectivity index (χ4v) is 3.29. The molecule has 2 aromatic heterocycles. The molecule has 0 radical (unpaired) electrons. The summed E-state index contributed by atoms with van der Waals surface area (Å²) in [5.74, 6) is -0.319. The van der Waals surface area contributed by atoms with Crippen LogP contribution in [0.25, 0.3) is 11.2 Å². The van der Waals surface area contributed by atoms with E-state index >= 15 is 0 Å². The van der Waals surface area contributed by atoms with E-state index in [0.29, 0.717) is 12.1 Å². The van der Waals surface area contributed by atoms with Crippen LogP contribution in [-0.2, 0) is 13.6 Å². The van der Waals surface area contributed by atoms with Gasteiger partial charge in [-0.05, 0) is 32.4 Å². The van der Waals surface area contributed by atoms with Gasteiger partial charge in [-0.15, -0.1) is 0 Å². The Morgan fingerprint density at radius 2 is 1.86 bits per heavy atom. The second-order valence-corrected chi connectivity index (χ2v) is 7.21. The van der Waals surface area contributed by atoms with Crippen molar-refractivity contribution in [1.82, 2.24) is 18.7 Å². The number of ketones is 1. The molecule has 3 rings (SSSR count). The molecule has 0 bridgehead atoms. The zero-order valence-electron chi connectivity index (χ0n) is 16.1. The molecule has 0 spiro atoms. The number of hydrogen-bond donors (Lipinski definition) is 0. The first-order valence-corrected chi connectivity index (χ1v) is 9.21. The fraction of sp³-hybridized carbons (Fsp3) is 0.300. The molecule has 0 aliphatic rings. The second kappa shape index (κ2) is 7.59. The van der Waals surface area contributed by atoms with E-state index in [4.69, 9.17) is 11.6 Å². The number of aryl methyl sites for hydroxylation is 1. The van der Waals surface area contributed by atoms with Crippen LogP contribution >= 0.6 is 11.6 Å². The lowest BCUT2D eigenvalue weighted by atomic mass is 10.1. The maximum Gasteiger partial charge on any atom is 0.333 e. The fourth-order valence-electron chi connectivity index (χ4n) is 3.05. The van der Waals surface area contributed by atoms with Crippen LogP contribution in [0.3, 0.4) is 0 Å². The van der Waals surface area contributed by atoms with E-state index in [1.807, 2.05) is 19.9 Å². The number of hydrogen-bond acceptors (Lipinski definition) is 4. The normalized spacial score (nSPS) is 12.2. The molecule has 0 saturated carbocycles. The molecular formula is C20H21ClN4O3. The summed E-state index contributed by atoms with van der Waals surface area (Å²) in [4.78, 5) is 43.1. The van der Waals surface area contributed by atoms with Gasteiger partial charge in [0.1, 0.15) is 6.04 Å². The highest BCUT2D eigenvalue weighted by Gasteiger charge is 2.25. The van der Waals surface area contributed by atoms with Gasteiger partial charge in [0, 0.05) is 19.2 Å².